The fourth-order valence-electron chi connectivity index (χ4n) is 3.38. The second-order valence-electron chi connectivity index (χ2n) is 8.34. The summed E-state index contributed by atoms with van der Waals surface area (Å²) >= 11 is 0. The molecule has 0 bridgehead atoms. The van der Waals surface area contributed by atoms with E-state index in [1.165, 1.54) is 19.3 Å². The molecule has 0 aliphatic heterocycles. The summed E-state index contributed by atoms with van der Waals surface area (Å²) in [6.45, 7) is 6.60. The van der Waals surface area contributed by atoms with Crippen molar-refractivity contribution < 1.29 is 9.59 Å². The first-order valence-corrected chi connectivity index (χ1v) is 9.69. The van der Waals surface area contributed by atoms with Crippen molar-refractivity contribution in [3.05, 3.63) is 35.4 Å². The van der Waals surface area contributed by atoms with E-state index in [-0.39, 0.29) is 17.9 Å². The maximum atomic E-state index is 12.5. The van der Waals surface area contributed by atoms with Gasteiger partial charge in [-0.1, -0.05) is 52.2 Å². The number of amides is 2. The predicted octanol–water partition coefficient (Wildman–Crippen LogP) is 2.99. The topological polar surface area (TPSA) is 84.2 Å². The van der Waals surface area contributed by atoms with E-state index < -0.39 is 5.41 Å². The van der Waals surface area contributed by atoms with Crippen LogP contribution in [0.15, 0.2) is 24.3 Å². The van der Waals surface area contributed by atoms with Crippen molar-refractivity contribution in [2.24, 2.45) is 17.1 Å². The van der Waals surface area contributed by atoms with Gasteiger partial charge in [0.25, 0.3) is 5.91 Å². The van der Waals surface area contributed by atoms with Crippen molar-refractivity contribution in [2.75, 3.05) is 6.54 Å². The standard InChI is InChI=1S/C21H33N3O2/c1-21(2,3)20(26)23-14-15-9-11-17(12-10-15)19(25)24-18(13-22)16-7-5-4-6-8-16/h9-12,16,18H,4-8,13-14,22H2,1-3H3,(H,23,26)(H,24,25). The Hall–Kier alpha value is -1.88. The van der Waals surface area contributed by atoms with Crippen molar-refractivity contribution in [2.45, 2.75) is 65.5 Å². The molecule has 0 heterocycles. The van der Waals surface area contributed by atoms with Crippen molar-refractivity contribution >= 4 is 11.8 Å². The fraction of sp³-hybridized carbons (Fsp3) is 0.619. The number of rotatable bonds is 6. The van der Waals surface area contributed by atoms with E-state index in [2.05, 4.69) is 10.6 Å². The Balaban J connectivity index is 1.90. The summed E-state index contributed by atoms with van der Waals surface area (Å²) in [7, 11) is 0. The number of hydrogen-bond donors (Lipinski definition) is 3. The minimum Gasteiger partial charge on any atom is -0.352 e. The molecule has 1 atom stereocenters. The van der Waals surface area contributed by atoms with Crippen LogP contribution in [0.3, 0.4) is 0 Å². The molecule has 1 aliphatic carbocycles. The molecule has 2 rings (SSSR count). The highest BCUT2D eigenvalue weighted by atomic mass is 16.2. The minimum atomic E-state index is -0.407. The highest BCUT2D eigenvalue weighted by Gasteiger charge is 2.24. The van der Waals surface area contributed by atoms with Gasteiger partial charge in [-0.2, -0.15) is 0 Å². The summed E-state index contributed by atoms with van der Waals surface area (Å²) in [5, 5.41) is 6.02. The molecule has 26 heavy (non-hydrogen) atoms. The normalized spacial score (nSPS) is 16.8. The molecule has 1 aromatic carbocycles. The van der Waals surface area contributed by atoms with Crippen molar-refractivity contribution in [3.63, 3.8) is 0 Å². The first-order chi connectivity index (χ1) is 12.3. The lowest BCUT2D eigenvalue weighted by atomic mass is 9.84. The summed E-state index contributed by atoms with van der Waals surface area (Å²) in [6, 6.07) is 7.44. The van der Waals surface area contributed by atoms with E-state index in [9.17, 15) is 9.59 Å². The Morgan fingerprint density at radius 3 is 2.27 bits per heavy atom. The van der Waals surface area contributed by atoms with Gasteiger partial charge in [-0.15, -0.1) is 0 Å². The van der Waals surface area contributed by atoms with Crippen molar-refractivity contribution in [3.8, 4) is 0 Å². The van der Waals surface area contributed by atoms with Crippen molar-refractivity contribution in [1.82, 2.24) is 10.6 Å². The molecule has 144 valence electrons. The van der Waals surface area contributed by atoms with Gasteiger partial charge in [0.15, 0.2) is 0 Å². The first kappa shape index (κ1) is 20.4. The zero-order valence-corrected chi connectivity index (χ0v) is 16.3. The molecule has 1 aromatic rings. The van der Waals surface area contributed by atoms with Gasteiger partial charge in [-0.05, 0) is 36.5 Å². The minimum absolute atomic E-state index is 0.0117. The van der Waals surface area contributed by atoms with Crippen LogP contribution < -0.4 is 16.4 Å². The molecule has 0 radical (unpaired) electrons. The highest BCUT2D eigenvalue weighted by Crippen LogP contribution is 2.26. The Morgan fingerprint density at radius 1 is 1.12 bits per heavy atom. The average molecular weight is 360 g/mol. The Kier molecular flexibility index (Phi) is 7.21. The number of carbonyl (C=O) groups is 2. The van der Waals surface area contributed by atoms with Gasteiger partial charge in [-0.25, -0.2) is 0 Å². The highest BCUT2D eigenvalue weighted by molar-refractivity contribution is 5.94. The molecule has 0 spiro atoms. The zero-order valence-electron chi connectivity index (χ0n) is 16.3. The van der Waals surface area contributed by atoms with Gasteiger partial charge < -0.3 is 16.4 Å². The SMILES string of the molecule is CC(C)(C)C(=O)NCc1ccc(C(=O)NC(CN)C2CCCCC2)cc1. The average Bonchev–Trinajstić information content (AvgIpc) is 2.64. The third-order valence-electron chi connectivity index (χ3n) is 5.14. The molecule has 0 aromatic heterocycles. The van der Waals surface area contributed by atoms with Crippen LogP contribution in [0.2, 0.25) is 0 Å². The number of carbonyl (C=O) groups excluding carboxylic acids is 2. The molecule has 1 unspecified atom stereocenters. The lowest BCUT2D eigenvalue weighted by Crippen LogP contribution is -2.45. The smallest absolute Gasteiger partial charge is 0.251 e. The van der Waals surface area contributed by atoms with E-state index >= 15 is 0 Å². The molecule has 4 N–H and O–H groups in total. The van der Waals surface area contributed by atoms with E-state index in [4.69, 9.17) is 5.73 Å². The maximum absolute atomic E-state index is 12.5. The molecule has 2 amide bonds. The van der Waals surface area contributed by atoms with E-state index in [1.54, 1.807) is 0 Å². The number of nitrogens with two attached hydrogens (primary N) is 1. The summed E-state index contributed by atoms with van der Waals surface area (Å²) in [6.07, 6.45) is 6.04. The fourth-order valence-corrected chi connectivity index (χ4v) is 3.38. The third kappa shape index (κ3) is 5.84. The van der Waals surface area contributed by atoms with Crippen LogP contribution in [-0.2, 0) is 11.3 Å². The number of nitrogens with one attached hydrogen (secondary N) is 2. The molecule has 1 saturated carbocycles. The zero-order chi connectivity index (χ0) is 19.2. The van der Waals surface area contributed by atoms with Crippen LogP contribution in [-0.4, -0.2) is 24.4 Å². The van der Waals surface area contributed by atoms with E-state index in [0.29, 0.717) is 24.6 Å². The van der Waals surface area contributed by atoms with E-state index in [0.717, 1.165) is 18.4 Å². The van der Waals surface area contributed by atoms with Crippen LogP contribution in [0.5, 0.6) is 0 Å². The third-order valence-corrected chi connectivity index (χ3v) is 5.14. The van der Waals surface area contributed by atoms with Gasteiger partial charge >= 0.3 is 0 Å². The Labute approximate surface area is 157 Å². The molecule has 1 fully saturated rings. The summed E-state index contributed by atoms with van der Waals surface area (Å²) < 4.78 is 0. The monoisotopic (exact) mass is 359 g/mol. The molecule has 0 saturated heterocycles. The summed E-state index contributed by atoms with van der Waals surface area (Å²) in [4.78, 5) is 24.5. The second kappa shape index (κ2) is 9.17. The maximum Gasteiger partial charge on any atom is 0.251 e. The Morgan fingerprint density at radius 2 is 1.73 bits per heavy atom. The molecular formula is C21H33N3O2. The number of benzene rings is 1. The second-order valence-corrected chi connectivity index (χ2v) is 8.34. The van der Waals surface area contributed by atoms with E-state index in [1.807, 2.05) is 45.0 Å². The Bertz CT molecular complexity index is 599. The van der Waals surface area contributed by atoms with Crippen LogP contribution in [0.4, 0.5) is 0 Å². The van der Waals surface area contributed by atoms with Gasteiger partial charge in [0.1, 0.15) is 0 Å². The molecular weight excluding hydrogens is 326 g/mol. The van der Waals surface area contributed by atoms with Gasteiger partial charge in [0.2, 0.25) is 5.91 Å². The van der Waals surface area contributed by atoms with Gasteiger partial charge in [0.05, 0.1) is 0 Å². The van der Waals surface area contributed by atoms with Crippen LogP contribution >= 0.6 is 0 Å². The number of hydrogen-bond acceptors (Lipinski definition) is 3. The van der Waals surface area contributed by atoms with Gasteiger partial charge in [0, 0.05) is 30.1 Å². The predicted molar refractivity (Wildman–Crippen MR) is 105 cm³/mol. The lowest BCUT2D eigenvalue weighted by Gasteiger charge is -2.30. The molecule has 5 heteroatoms. The lowest BCUT2D eigenvalue weighted by molar-refractivity contribution is -0.128. The molecule has 5 nitrogen and oxygen atoms in total. The quantitative estimate of drug-likeness (QED) is 0.730. The summed E-state index contributed by atoms with van der Waals surface area (Å²) in [5.41, 5.74) is 7.10. The van der Waals surface area contributed by atoms with Crippen molar-refractivity contribution in [1.29, 1.82) is 0 Å². The van der Waals surface area contributed by atoms with Crippen LogP contribution in [0.1, 0.15) is 68.8 Å². The first-order valence-electron chi connectivity index (χ1n) is 9.69. The van der Waals surface area contributed by atoms with Gasteiger partial charge in [-0.3, -0.25) is 9.59 Å². The molecule has 1 aliphatic rings. The largest absolute Gasteiger partial charge is 0.352 e. The van der Waals surface area contributed by atoms with Crippen LogP contribution in [0.25, 0.3) is 0 Å². The van der Waals surface area contributed by atoms with Crippen LogP contribution in [0, 0.1) is 11.3 Å². The summed E-state index contributed by atoms with van der Waals surface area (Å²) in [5.74, 6) is 0.429.